The molecular weight excluding hydrogens is 1440 g/mol. The third-order valence-electron chi connectivity index (χ3n) is 26.0. The average Bonchev–Trinajstić information content (AvgIpc) is 0.744. The Morgan fingerprint density at radius 3 is 0.891 bits per heavy atom. The molecule has 4 heterocycles. The maximum Gasteiger partial charge on any atom is 0.252 e. The molecule has 119 heavy (non-hydrogen) atoms. The van der Waals surface area contributed by atoms with Crippen LogP contribution in [0.4, 0.5) is 34.1 Å². The van der Waals surface area contributed by atoms with Crippen molar-refractivity contribution in [1.82, 2.24) is 9.13 Å². The fourth-order valence-corrected chi connectivity index (χ4v) is 19.0. The smallest absolute Gasteiger partial charge is 0.252 e. The summed E-state index contributed by atoms with van der Waals surface area (Å²) in [4.78, 5) is 5.54. The number of aromatic nitrogens is 2. The normalized spacial score (nSPS) is 13.4. The molecule has 0 bridgehead atoms. The lowest BCUT2D eigenvalue weighted by Crippen LogP contribution is -2.61. The highest BCUT2D eigenvalue weighted by Crippen LogP contribution is 2.56. The quantitative estimate of drug-likeness (QED) is 0.120. The summed E-state index contributed by atoms with van der Waals surface area (Å²) in [5, 5.41) is 5.05. The van der Waals surface area contributed by atoms with Gasteiger partial charge in [0.25, 0.3) is 6.71 Å². The summed E-state index contributed by atoms with van der Waals surface area (Å²) in [5.41, 5.74) is 39.0. The van der Waals surface area contributed by atoms with Crippen molar-refractivity contribution in [2.45, 2.75) is 197 Å². The Morgan fingerprint density at radius 1 is 0.244 bits per heavy atom. The summed E-state index contributed by atoms with van der Waals surface area (Å²) in [5.74, 6) is 0.522. The summed E-state index contributed by atoms with van der Waals surface area (Å²) < 4.78 is 5.17. The molecule has 2 aliphatic heterocycles. The number of fused-ring (bicyclic) bond motifs is 10. The fourth-order valence-electron chi connectivity index (χ4n) is 19.0. The molecule has 0 atom stereocenters. The van der Waals surface area contributed by atoms with Crippen molar-refractivity contribution < 1.29 is 0 Å². The van der Waals surface area contributed by atoms with Gasteiger partial charge in [0.05, 0.1) is 33.4 Å². The van der Waals surface area contributed by atoms with Gasteiger partial charge >= 0.3 is 0 Å². The van der Waals surface area contributed by atoms with Gasteiger partial charge in [-0.1, -0.05) is 353 Å². The molecule has 0 N–H and O–H groups in total. The molecule has 0 saturated carbocycles. The molecule has 2 aromatic heterocycles. The molecule has 0 saturated heterocycles. The van der Waals surface area contributed by atoms with Crippen molar-refractivity contribution in [3.63, 3.8) is 0 Å². The largest absolute Gasteiger partial charge is 0.310 e. The maximum atomic E-state index is 2.78. The summed E-state index contributed by atoms with van der Waals surface area (Å²) in [6.07, 6.45) is 0. The monoisotopic (exact) mass is 1550 g/mol. The minimum atomic E-state index is -0.292. The molecule has 0 fully saturated rings. The van der Waals surface area contributed by atoms with E-state index in [0.717, 1.165) is 90.0 Å². The highest BCUT2D eigenvalue weighted by molar-refractivity contribution is 7.00. The van der Waals surface area contributed by atoms with E-state index in [1.54, 1.807) is 0 Å². The van der Waals surface area contributed by atoms with Crippen molar-refractivity contribution in [2.75, 3.05) is 9.80 Å². The van der Waals surface area contributed by atoms with E-state index in [9.17, 15) is 0 Å². The highest BCUT2D eigenvalue weighted by Gasteiger charge is 2.47. The van der Waals surface area contributed by atoms with E-state index in [1.807, 2.05) is 0 Å². The maximum absolute atomic E-state index is 2.78. The number of nitrogens with zero attached hydrogens (tertiary/aromatic N) is 4. The lowest BCUT2D eigenvalue weighted by atomic mass is 9.33. The molecule has 4 nitrogen and oxygen atoms in total. The van der Waals surface area contributed by atoms with Gasteiger partial charge < -0.3 is 18.9 Å². The first kappa shape index (κ1) is 78.5. The molecule has 0 radical (unpaired) electrons. The van der Waals surface area contributed by atoms with Gasteiger partial charge in [0, 0.05) is 77.9 Å². The lowest BCUT2D eigenvalue weighted by Gasteiger charge is -2.46. The Hall–Kier alpha value is -11.7. The second-order valence-electron chi connectivity index (χ2n) is 41.1. The van der Waals surface area contributed by atoms with E-state index >= 15 is 0 Å². The zero-order chi connectivity index (χ0) is 83.6. The Bertz CT molecular complexity index is 6480. The van der Waals surface area contributed by atoms with Crippen LogP contribution in [0.3, 0.4) is 0 Å². The number of hydrogen-bond acceptors (Lipinski definition) is 2. The number of para-hydroxylation sites is 2. The Morgan fingerprint density at radius 2 is 0.571 bits per heavy atom. The van der Waals surface area contributed by atoms with E-state index in [1.165, 1.54) is 116 Å². The molecule has 16 aromatic rings. The molecule has 2 aliphatic rings. The predicted octanol–water partition coefficient (Wildman–Crippen LogP) is 30.3. The van der Waals surface area contributed by atoms with Crippen LogP contribution >= 0.6 is 0 Å². The zero-order valence-corrected chi connectivity index (χ0v) is 74.2. The topological polar surface area (TPSA) is 16.3 Å². The van der Waals surface area contributed by atoms with Crippen LogP contribution in [0.2, 0.25) is 0 Å². The van der Waals surface area contributed by atoms with Crippen molar-refractivity contribution in [2.24, 2.45) is 0 Å². The number of anilines is 6. The Kier molecular flexibility index (Phi) is 18.8. The van der Waals surface area contributed by atoms with Gasteiger partial charge in [-0.2, -0.15) is 0 Å². The first-order valence-electron chi connectivity index (χ1n) is 43.5. The molecule has 5 heteroatoms. The van der Waals surface area contributed by atoms with Gasteiger partial charge in [-0.3, -0.25) is 0 Å². The Balaban J connectivity index is 1.05. The lowest BCUT2D eigenvalue weighted by molar-refractivity contribution is 0.569. The van der Waals surface area contributed by atoms with E-state index in [2.05, 4.69) is 456 Å². The van der Waals surface area contributed by atoms with Gasteiger partial charge in [0.2, 0.25) is 0 Å². The van der Waals surface area contributed by atoms with Crippen LogP contribution in [-0.2, 0) is 32.5 Å². The van der Waals surface area contributed by atoms with Gasteiger partial charge in [-0.15, -0.1) is 0 Å². The van der Waals surface area contributed by atoms with Gasteiger partial charge in [0.15, 0.2) is 0 Å². The van der Waals surface area contributed by atoms with Crippen molar-refractivity contribution in [1.29, 1.82) is 0 Å². The molecule has 0 aliphatic carbocycles. The van der Waals surface area contributed by atoms with Gasteiger partial charge in [-0.05, 0) is 224 Å². The fraction of sp³-hybridized carbons (Fsp3) is 0.263. The van der Waals surface area contributed by atoms with Crippen molar-refractivity contribution >= 4 is 101 Å². The standard InChI is InChI=1S/C114H115BN4/c1-70(2)75-44-51-86(91(60-75)71(3)4)77-61-104-106-105(62-77)119(108-89(74-38-30-25-31-39-74)42-33-43-90(108)76-58-82(113(17,18)19)63-83(59-76)114(20,21)22)103-69-85(117-100-56-47-80(111(11,12)13)66-94(100)95-67-81(112(14,15)16)48-57-101(95)117)50-53-97(103)115(106)96-52-49-84(116-98-54-45-78(109(5,6)7)64-92(98)93-65-79(110(8,9)10)46-55-99(93)116)68-102(96)118(104)107-87(72-34-26-23-27-35-72)40-32-41-88(107)73-36-28-24-29-37-73/h23-71H,1-22H3. The SMILES string of the molecule is CC(C)c1ccc(-c2cc3c4c(c2)N(c2c(-c5ccccc5)cccc2-c2cc(C(C)(C)C)cc(C(C)(C)C)c2)c2cc(-n5c6ccc(C(C)(C)C)cc6c6cc(C(C)(C)C)ccc65)ccc2B4c2ccc(-n4c5ccc(C(C)(C)C)cc5c5cc(C(C)(C)C)ccc54)cc2N3c2c(-c3ccccc3)cccc2-c2ccccc2)c(C(C)C)c1. The van der Waals surface area contributed by atoms with Crippen LogP contribution in [0.15, 0.2) is 285 Å². The van der Waals surface area contributed by atoms with E-state index in [0.29, 0.717) is 5.92 Å². The number of hydrogen-bond donors (Lipinski definition) is 0. The van der Waals surface area contributed by atoms with E-state index in [4.69, 9.17) is 0 Å². The van der Waals surface area contributed by atoms with E-state index in [-0.39, 0.29) is 45.1 Å². The first-order valence-corrected chi connectivity index (χ1v) is 43.5. The van der Waals surface area contributed by atoms with Crippen LogP contribution in [0.25, 0.3) is 111 Å². The Labute approximate surface area is 708 Å². The molecule has 0 unspecified atom stereocenters. The zero-order valence-electron chi connectivity index (χ0n) is 74.2. The third kappa shape index (κ3) is 13.6. The van der Waals surface area contributed by atoms with Crippen LogP contribution < -0.4 is 26.2 Å². The van der Waals surface area contributed by atoms with Crippen LogP contribution in [0, 0.1) is 0 Å². The molecule has 18 rings (SSSR count). The molecule has 0 amide bonds. The molecule has 14 aromatic carbocycles. The molecular formula is C114H115BN4. The third-order valence-corrected chi connectivity index (χ3v) is 26.0. The second-order valence-corrected chi connectivity index (χ2v) is 41.1. The summed E-state index contributed by atoms with van der Waals surface area (Å²) in [6.45, 7) is 51.6. The average molecular weight is 1550 g/mol. The van der Waals surface area contributed by atoms with Crippen LogP contribution in [0.1, 0.15) is 209 Å². The second kappa shape index (κ2) is 28.5. The van der Waals surface area contributed by atoms with Crippen molar-refractivity contribution in [3.05, 3.63) is 330 Å². The van der Waals surface area contributed by atoms with Gasteiger partial charge in [-0.25, -0.2) is 0 Å². The molecule has 0 spiro atoms. The minimum Gasteiger partial charge on any atom is -0.310 e. The summed E-state index contributed by atoms with van der Waals surface area (Å²) in [7, 11) is 0. The highest BCUT2D eigenvalue weighted by atomic mass is 15.2. The van der Waals surface area contributed by atoms with Crippen LogP contribution in [0.5, 0.6) is 0 Å². The van der Waals surface area contributed by atoms with Crippen molar-refractivity contribution in [3.8, 4) is 67.0 Å². The minimum absolute atomic E-state index is 0.0720. The van der Waals surface area contributed by atoms with Crippen LogP contribution in [-0.4, -0.2) is 15.8 Å². The van der Waals surface area contributed by atoms with Gasteiger partial charge in [0.1, 0.15) is 0 Å². The predicted molar refractivity (Wildman–Crippen MR) is 517 cm³/mol. The first-order chi connectivity index (χ1) is 56.5. The summed E-state index contributed by atoms with van der Waals surface area (Å²) >= 11 is 0. The molecule has 594 valence electrons. The number of rotatable bonds is 11. The number of benzene rings is 14. The summed E-state index contributed by atoms with van der Waals surface area (Å²) in [6, 6.07) is 112. The van der Waals surface area contributed by atoms with E-state index < -0.39 is 0 Å².